The molecule has 0 unspecified atom stereocenters. The van der Waals surface area contributed by atoms with Crippen LogP contribution in [0.2, 0.25) is 0 Å². The van der Waals surface area contributed by atoms with Gasteiger partial charge in [-0.05, 0) is 0 Å². The second kappa shape index (κ2) is 9.99. The average Bonchev–Trinajstić information content (AvgIpc) is 3.23. The largest absolute Gasteiger partial charge is 1.00 e. The predicted octanol–water partition coefficient (Wildman–Crippen LogP) is -5.79. The van der Waals surface area contributed by atoms with Crippen molar-refractivity contribution >= 4 is 0 Å². The van der Waals surface area contributed by atoms with E-state index in [4.69, 9.17) is 0 Å². The fourth-order valence-corrected chi connectivity index (χ4v) is 5.79. The van der Waals surface area contributed by atoms with Crippen LogP contribution in [0.15, 0.2) is 0 Å². The van der Waals surface area contributed by atoms with Gasteiger partial charge in [0.15, 0.2) is 0 Å². The minimum absolute atomic E-state index is 0. The Balaban J connectivity index is 0.00000121. The second-order valence-electron chi connectivity index (χ2n) is 9.14. The van der Waals surface area contributed by atoms with E-state index in [0.29, 0.717) is 0 Å². The fourth-order valence-electron chi connectivity index (χ4n) is 5.79. The molecule has 0 saturated carbocycles. The third-order valence-electron chi connectivity index (χ3n) is 7.53. The standard InChI is InChI=1S/C19H38N4O.2BrH/c24-19(17-20-5-13-22(14-6-20)9-1-2-10-22)18-21-7-15-23(16-8-21)11-3-4-12-23;;/h19,24H,1-18H2;2*1H/q+2;;/p-2. The maximum absolute atomic E-state index is 10.6. The molecular formula is C19H38Br2N4O. The summed E-state index contributed by atoms with van der Waals surface area (Å²) < 4.78 is 2.75. The maximum atomic E-state index is 10.6. The third-order valence-corrected chi connectivity index (χ3v) is 7.53. The molecule has 26 heavy (non-hydrogen) atoms. The van der Waals surface area contributed by atoms with Crippen molar-refractivity contribution in [2.24, 2.45) is 0 Å². The van der Waals surface area contributed by atoms with E-state index in [1.54, 1.807) is 0 Å². The normalized spacial score (nSPS) is 28.4. The van der Waals surface area contributed by atoms with Crippen molar-refractivity contribution in [3.05, 3.63) is 0 Å². The number of aliphatic hydroxyl groups is 1. The summed E-state index contributed by atoms with van der Waals surface area (Å²) in [5.74, 6) is 0. The molecule has 0 atom stereocenters. The Labute approximate surface area is 181 Å². The monoisotopic (exact) mass is 496 g/mol. The number of aliphatic hydroxyl groups excluding tert-OH is 1. The molecule has 4 rings (SSSR count). The molecule has 4 aliphatic heterocycles. The zero-order valence-electron chi connectivity index (χ0n) is 16.3. The summed E-state index contributed by atoms with van der Waals surface area (Å²) >= 11 is 0. The Morgan fingerprint density at radius 2 is 0.885 bits per heavy atom. The highest BCUT2D eigenvalue weighted by molar-refractivity contribution is 4.75. The van der Waals surface area contributed by atoms with Crippen molar-refractivity contribution in [2.75, 3.05) is 91.6 Å². The van der Waals surface area contributed by atoms with Crippen LogP contribution in [0.25, 0.3) is 0 Å². The molecule has 0 bridgehead atoms. The lowest BCUT2D eigenvalue weighted by atomic mass is 10.2. The minimum atomic E-state index is -0.166. The summed E-state index contributed by atoms with van der Waals surface area (Å²) in [6, 6.07) is 0. The average molecular weight is 498 g/mol. The minimum Gasteiger partial charge on any atom is -1.00 e. The van der Waals surface area contributed by atoms with Gasteiger partial charge in [-0.2, -0.15) is 0 Å². The van der Waals surface area contributed by atoms with Crippen LogP contribution in [-0.2, 0) is 0 Å². The number of halogens is 2. The Morgan fingerprint density at radius 1 is 0.577 bits per heavy atom. The van der Waals surface area contributed by atoms with Crippen LogP contribution in [0.5, 0.6) is 0 Å². The van der Waals surface area contributed by atoms with Gasteiger partial charge in [-0.1, -0.05) is 0 Å². The predicted molar refractivity (Wildman–Crippen MR) is 96.8 cm³/mol. The van der Waals surface area contributed by atoms with Crippen molar-refractivity contribution in [2.45, 2.75) is 31.8 Å². The molecule has 0 aromatic rings. The number of quaternary nitrogens is 2. The summed E-state index contributed by atoms with van der Waals surface area (Å²) in [5, 5.41) is 10.6. The summed E-state index contributed by atoms with van der Waals surface area (Å²) in [7, 11) is 0. The van der Waals surface area contributed by atoms with Gasteiger partial charge in [0.05, 0.1) is 58.5 Å². The molecular weight excluding hydrogens is 460 g/mol. The SMILES string of the molecule is OC(CN1CC[N+]2(CCCC2)CC1)CN1CC[N+]2(CCCC2)CC1.[Br-].[Br-]. The molecule has 4 heterocycles. The Bertz CT molecular complexity index is 370. The maximum Gasteiger partial charge on any atom is 0.0916 e. The van der Waals surface area contributed by atoms with Crippen molar-refractivity contribution < 1.29 is 48.0 Å². The number of hydrogen-bond acceptors (Lipinski definition) is 3. The molecule has 4 fully saturated rings. The Hall–Kier alpha value is 0.760. The molecule has 0 radical (unpaired) electrons. The molecule has 1 N–H and O–H groups in total. The van der Waals surface area contributed by atoms with Gasteiger partial charge < -0.3 is 48.0 Å². The first-order valence-corrected chi connectivity index (χ1v) is 10.5. The molecule has 4 aliphatic rings. The quantitative estimate of drug-likeness (QED) is 0.392. The molecule has 154 valence electrons. The van der Waals surface area contributed by atoms with Crippen LogP contribution >= 0.6 is 0 Å². The van der Waals surface area contributed by atoms with Gasteiger partial charge >= 0.3 is 0 Å². The number of rotatable bonds is 4. The summed E-state index contributed by atoms with van der Waals surface area (Å²) in [6.07, 6.45) is 5.55. The van der Waals surface area contributed by atoms with E-state index in [-0.39, 0.29) is 40.1 Å². The van der Waals surface area contributed by atoms with Crippen molar-refractivity contribution in [3.8, 4) is 0 Å². The van der Waals surface area contributed by atoms with E-state index in [1.807, 2.05) is 0 Å². The molecule has 0 amide bonds. The molecule has 7 heteroatoms. The first-order valence-electron chi connectivity index (χ1n) is 10.5. The smallest absolute Gasteiger partial charge is 0.0916 e. The Morgan fingerprint density at radius 3 is 1.19 bits per heavy atom. The second-order valence-corrected chi connectivity index (χ2v) is 9.14. The van der Waals surface area contributed by atoms with Crippen molar-refractivity contribution in [3.63, 3.8) is 0 Å². The first-order chi connectivity index (χ1) is 11.7. The summed E-state index contributed by atoms with van der Waals surface area (Å²) in [5.41, 5.74) is 0. The molecule has 0 aromatic carbocycles. The molecule has 0 aromatic heterocycles. The molecule has 4 saturated heterocycles. The van der Waals surface area contributed by atoms with E-state index < -0.39 is 0 Å². The number of hydrogen-bond donors (Lipinski definition) is 1. The van der Waals surface area contributed by atoms with Gasteiger partial charge in [-0.15, -0.1) is 0 Å². The van der Waals surface area contributed by atoms with Gasteiger partial charge in [0.1, 0.15) is 0 Å². The van der Waals surface area contributed by atoms with Crippen LogP contribution in [0.4, 0.5) is 0 Å². The zero-order chi connectivity index (χ0) is 16.5. The van der Waals surface area contributed by atoms with E-state index >= 15 is 0 Å². The van der Waals surface area contributed by atoms with E-state index in [0.717, 1.165) is 13.1 Å². The number of β-amino-alcohol motifs (C(OH)–C–C–N with tert-alkyl or cyclic N) is 1. The fraction of sp³-hybridized carbons (Fsp3) is 1.00. The van der Waals surface area contributed by atoms with Crippen LogP contribution in [0.1, 0.15) is 25.7 Å². The highest BCUT2D eigenvalue weighted by atomic mass is 79.9. The van der Waals surface area contributed by atoms with Gasteiger partial charge in [0, 0.05) is 65.0 Å². The molecule has 5 nitrogen and oxygen atoms in total. The van der Waals surface area contributed by atoms with Crippen LogP contribution in [0.3, 0.4) is 0 Å². The Kier molecular flexibility index (Phi) is 8.85. The zero-order valence-corrected chi connectivity index (χ0v) is 19.5. The molecule has 2 spiro atoms. The summed E-state index contributed by atoms with van der Waals surface area (Å²) in [4.78, 5) is 5.04. The van der Waals surface area contributed by atoms with Crippen molar-refractivity contribution in [1.82, 2.24) is 9.80 Å². The lowest BCUT2D eigenvalue weighted by molar-refractivity contribution is -0.920. The number of nitrogens with zero attached hydrogens (tertiary/aromatic N) is 4. The first kappa shape index (κ1) is 23.0. The van der Waals surface area contributed by atoms with Crippen molar-refractivity contribution in [1.29, 1.82) is 0 Å². The number of piperazine rings is 2. The van der Waals surface area contributed by atoms with Gasteiger partial charge in [0.2, 0.25) is 0 Å². The lowest BCUT2D eigenvalue weighted by Gasteiger charge is -2.44. The van der Waals surface area contributed by atoms with Crippen LogP contribution < -0.4 is 34.0 Å². The topological polar surface area (TPSA) is 26.7 Å². The van der Waals surface area contributed by atoms with Gasteiger partial charge in [0.25, 0.3) is 0 Å². The highest BCUT2D eigenvalue weighted by Gasteiger charge is 2.37. The van der Waals surface area contributed by atoms with E-state index in [9.17, 15) is 5.11 Å². The highest BCUT2D eigenvalue weighted by Crippen LogP contribution is 2.23. The van der Waals surface area contributed by atoms with E-state index in [1.165, 1.54) is 113 Å². The molecule has 0 aliphatic carbocycles. The van der Waals surface area contributed by atoms with Gasteiger partial charge in [-0.3, -0.25) is 9.80 Å². The van der Waals surface area contributed by atoms with Crippen LogP contribution in [-0.4, -0.2) is 122 Å². The third kappa shape index (κ3) is 5.43. The van der Waals surface area contributed by atoms with E-state index in [2.05, 4.69) is 9.80 Å². The van der Waals surface area contributed by atoms with Crippen LogP contribution in [0, 0.1) is 0 Å². The van der Waals surface area contributed by atoms with Gasteiger partial charge in [-0.25, -0.2) is 0 Å². The summed E-state index contributed by atoms with van der Waals surface area (Å²) in [6.45, 7) is 17.4. The lowest BCUT2D eigenvalue weighted by Crippen LogP contribution is -3.00.